The molecule has 12 heavy (non-hydrogen) atoms. The molecule has 0 aromatic rings. The van der Waals surface area contributed by atoms with E-state index >= 15 is 0 Å². The largest absolute Gasteiger partial charge is 0.417 e. The Kier molecular flexibility index (Phi) is 4.97. The smallest absolute Gasteiger partial charge is 0.380 e. The van der Waals surface area contributed by atoms with Crippen molar-refractivity contribution in [2.75, 3.05) is 0 Å². The van der Waals surface area contributed by atoms with Crippen LogP contribution in [0, 0.1) is 0 Å². The Balaban J connectivity index is 3.68. The standard InChI is InChI=1S/C8H13F3O/c1-2-3-4-5-6-7(12)8(9,10)11/h5-7,12H,2-4H2,1H3/b6-5+/t7-/m0/s1. The highest BCUT2D eigenvalue weighted by Crippen LogP contribution is 2.20. The highest BCUT2D eigenvalue weighted by Gasteiger charge is 2.35. The van der Waals surface area contributed by atoms with Gasteiger partial charge in [-0.05, 0) is 6.42 Å². The van der Waals surface area contributed by atoms with E-state index in [1.165, 1.54) is 6.08 Å². The lowest BCUT2D eigenvalue weighted by Gasteiger charge is -2.09. The van der Waals surface area contributed by atoms with Crippen molar-refractivity contribution in [3.05, 3.63) is 12.2 Å². The first-order valence-electron chi connectivity index (χ1n) is 3.90. The molecule has 0 aromatic heterocycles. The molecule has 0 spiro atoms. The molecule has 1 atom stereocenters. The number of aliphatic hydroxyl groups is 1. The molecular formula is C8H13F3O. The predicted molar refractivity (Wildman–Crippen MR) is 40.7 cm³/mol. The molecule has 1 nitrogen and oxygen atoms in total. The molecule has 1 N–H and O–H groups in total. The third-order valence-corrected chi connectivity index (χ3v) is 1.38. The molecule has 0 heterocycles. The van der Waals surface area contributed by atoms with Crippen molar-refractivity contribution >= 4 is 0 Å². The number of halogens is 3. The molecule has 0 aliphatic rings. The zero-order valence-corrected chi connectivity index (χ0v) is 6.93. The van der Waals surface area contributed by atoms with Crippen LogP contribution in [0.1, 0.15) is 26.2 Å². The van der Waals surface area contributed by atoms with Crippen LogP contribution in [0.4, 0.5) is 13.2 Å². The van der Waals surface area contributed by atoms with Crippen molar-refractivity contribution in [1.82, 2.24) is 0 Å². The fourth-order valence-corrected chi connectivity index (χ4v) is 0.656. The minimum atomic E-state index is -4.53. The summed E-state index contributed by atoms with van der Waals surface area (Å²) in [6.45, 7) is 1.95. The summed E-state index contributed by atoms with van der Waals surface area (Å²) in [6.07, 6.45) is -2.31. The minimum absolute atomic E-state index is 0.587. The summed E-state index contributed by atoms with van der Waals surface area (Å²) >= 11 is 0. The van der Waals surface area contributed by atoms with Crippen LogP contribution in [-0.4, -0.2) is 17.4 Å². The van der Waals surface area contributed by atoms with E-state index < -0.39 is 12.3 Å². The quantitative estimate of drug-likeness (QED) is 0.523. The SMILES string of the molecule is CCCC/C=C/[C@H](O)C(F)(F)F. The zero-order valence-electron chi connectivity index (χ0n) is 6.93. The van der Waals surface area contributed by atoms with E-state index in [0.29, 0.717) is 6.42 Å². The maximum Gasteiger partial charge on any atom is 0.417 e. The van der Waals surface area contributed by atoms with E-state index in [4.69, 9.17) is 5.11 Å². The van der Waals surface area contributed by atoms with E-state index in [9.17, 15) is 13.2 Å². The molecule has 0 aliphatic carbocycles. The van der Waals surface area contributed by atoms with Crippen LogP contribution >= 0.6 is 0 Å². The van der Waals surface area contributed by atoms with Gasteiger partial charge in [0.2, 0.25) is 0 Å². The van der Waals surface area contributed by atoms with Crippen LogP contribution in [0.2, 0.25) is 0 Å². The third kappa shape index (κ3) is 5.18. The molecule has 0 saturated carbocycles. The third-order valence-electron chi connectivity index (χ3n) is 1.38. The molecule has 0 fully saturated rings. The molecule has 0 rings (SSSR count). The van der Waals surface area contributed by atoms with Crippen molar-refractivity contribution in [2.24, 2.45) is 0 Å². The second-order valence-electron chi connectivity index (χ2n) is 2.56. The van der Waals surface area contributed by atoms with Crippen LogP contribution in [-0.2, 0) is 0 Å². The average molecular weight is 182 g/mol. The number of aliphatic hydroxyl groups excluding tert-OH is 1. The Hall–Kier alpha value is -0.510. The van der Waals surface area contributed by atoms with Gasteiger partial charge < -0.3 is 5.11 Å². The van der Waals surface area contributed by atoms with E-state index in [-0.39, 0.29) is 0 Å². The van der Waals surface area contributed by atoms with Gasteiger partial charge in [-0.2, -0.15) is 13.2 Å². The molecule has 0 aromatic carbocycles. The van der Waals surface area contributed by atoms with Crippen LogP contribution < -0.4 is 0 Å². The number of alkyl halides is 3. The van der Waals surface area contributed by atoms with Gasteiger partial charge in [-0.1, -0.05) is 31.9 Å². The second-order valence-corrected chi connectivity index (χ2v) is 2.56. The molecule has 72 valence electrons. The van der Waals surface area contributed by atoms with E-state index in [1.807, 2.05) is 6.92 Å². The highest BCUT2D eigenvalue weighted by molar-refractivity contribution is 4.92. The van der Waals surface area contributed by atoms with Crippen molar-refractivity contribution < 1.29 is 18.3 Å². The van der Waals surface area contributed by atoms with Gasteiger partial charge in [-0.25, -0.2) is 0 Å². The molecule has 0 aliphatic heterocycles. The van der Waals surface area contributed by atoms with Gasteiger partial charge in [0.15, 0.2) is 6.10 Å². The number of hydrogen-bond donors (Lipinski definition) is 1. The van der Waals surface area contributed by atoms with Gasteiger partial charge in [0, 0.05) is 0 Å². The van der Waals surface area contributed by atoms with Gasteiger partial charge in [0.05, 0.1) is 0 Å². The maximum atomic E-state index is 11.7. The summed E-state index contributed by atoms with van der Waals surface area (Å²) < 4.78 is 35.0. The monoisotopic (exact) mass is 182 g/mol. The Morgan fingerprint density at radius 1 is 1.42 bits per heavy atom. The fraction of sp³-hybridized carbons (Fsp3) is 0.750. The van der Waals surface area contributed by atoms with Crippen molar-refractivity contribution in [2.45, 2.75) is 38.5 Å². The Labute approximate surface area is 69.9 Å². The van der Waals surface area contributed by atoms with Gasteiger partial charge in [-0.15, -0.1) is 0 Å². The van der Waals surface area contributed by atoms with Crippen LogP contribution in [0.3, 0.4) is 0 Å². The number of unbranched alkanes of at least 4 members (excludes halogenated alkanes) is 2. The Morgan fingerprint density at radius 3 is 2.42 bits per heavy atom. The molecule has 4 heteroatoms. The predicted octanol–water partition coefficient (Wildman–Crippen LogP) is 2.66. The lowest BCUT2D eigenvalue weighted by molar-refractivity contribution is -0.187. The number of allylic oxidation sites excluding steroid dienone is 1. The first kappa shape index (κ1) is 11.5. The molecule has 0 unspecified atom stereocenters. The average Bonchev–Trinajstić information content (AvgIpc) is 1.96. The van der Waals surface area contributed by atoms with Crippen LogP contribution in [0.5, 0.6) is 0 Å². The van der Waals surface area contributed by atoms with Crippen molar-refractivity contribution in [3.8, 4) is 0 Å². The summed E-state index contributed by atoms with van der Waals surface area (Å²) in [5, 5.41) is 8.47. The normalized spacial score (nSPS) is 15.4. The van der Waals surface area contributed by atoms with Crippen molar-refractivity contribution in [1.29, 1.82) is 0 Å². The first-order chi connectivity index (χ1) is 5.48. The molecule has 0 saturated heterocycles. The molecule has 0 radical (unpaired) electrons. The number of rotatable bonds is 4. The summed E-state index contributed by atoms with van der Waals surface area (Å²) in [7, 11) is 0. The van der Waals surface area contributed by atoms with Crippen LogP contribution in [0.15, 0.2) is 12.2 Å². The van der Waals surface area contributed by atoms with Gasteiger partial charge >= 0.3 is 6.18 Å². The van der Waals surface area contributed by atoms with Crippen molar-refractivity contribution in [3.63, 3.8) is 0 Å². The maximum absolute atomic E-state index is 11.7. The summed E-state index contributed by atoms with van der Waals surface area (Å²) in [5.41, 5.74) is 0. The second kappa shape index (κ2) is 5.19. The van der Waals surface area contributed by atoms with E-state index in [2.05, 4.69) is 0 Å². The zero-order chi connectivity index (χ0) is 9.61. The van der Waals surface area contributed by atoms with Crippen LogP contribution in [0.25, 0.3) is 0 Å². The minimum Gasteiger partial charge on any atom is -0.380 e. The first-order valence-corrected chi connectivity index (χ1v) is 3.90. The molecule has 0 amide bonds. The fourth-order valence-electron chi connectivity index (χ4n) is 0.656. The highest BCUT2D eigenvalue weighted by atomic mass is 19.4. The lowest BCUT2D eigenvalue weighted by atomic mass is 10.2. The summed E-state index contributed by atoms with van der Waals surface area (Å²) in [5.74, 6) is 0. The number of hydrogen-bond acceptors (Lipinski definition) is 1. The Bertz CT molecular complexity index is 140. The molecule has 0 bridgehead atoms. The van der Waals surface area contributed by atoms with E-state index in [1.54, 1.807) is 0 Å². The Morgan fingerprint density at radius 2 is 2.00 bits per heavy atom. The van der Waals surface area contributed by atoms with Gasteiger partial charge in [0.1, 0.15) is 0 Å². The summed E-state index contributed by atoms with van der Waals surface area (Å²) in [6, 6.07) is 0. The topological polar surface area (TPSA) is 20.2 Å². The summed E-state index contributed by atoms with van der Waals surface area (Å²) in [4.78, 5) is 0. The van der Waals surface area contributed by atoms with Gasteiger partial charge in [0.25, 0.3) is 0 Å². The van der Waals surface area contributed by atoms with Gasteiger partial charge in [-0.3, -0.25) is 0 Å². The molecular weight excluding hydrogens is 169 g/mol. The lowest BCUT2D eigenvalue weighted by Crippen LogP contribution is -2.25. The van der Waals surface area contributed by atoms with E-state index in [0.717, 1.165) is 18.9 Å².